The van der Waals surface area contributed by atoms with Crippen molar-refractivity contribution in [3.05, 3.63) is 29.6 Å². The number of methoxy groups -OCH3 is 1. The number of nitrogens with two attached hydrogens (primary N) is 1. The Balaban J connectivity index is 3.19. The lowest BCUT2D eigenvalue weighted by atomic mass is 10.1. The molecule has 0 saturated heterocycles. The number of hydrogen-bond donors (Lipinski definition) is 1. The van der Waals surface area contributed by atoms with Gasteiger partial charge in [0.25, 0.3) is 5.91 Å². The van der Waals surface area contributed by atoms with Crippen molar-refractivity contribution in [2.75, 3.05) is 7.11 Å². The lowest BCUT2D eigenvalue weighted by molar-refractivity contribution is 0.0597. The highest BCUT2D eigenvalue weighted by molar-refractivity contribution is 6.04. The van der Waals surface area contributed by atoms with Crippen molar-refractivity contribution in [3.8, 4) is 0 Å². The van der Waals surface area contributed by atoms with Crippen molar-refractivity contribution in [2.45, 2.75) is 0 Å². The molecule has 0 unspecified atom stereocenters. The fraction of sp³-hybridized carbons (Fsp3) is 0.125. The maximum absolute atomic E-state index is 11.1. The van der Waals surface area contributed by atoms with E-state index in [1.165, 1.54) is 25.6 Å². The predicted molar refractivity (Wildman–Crippen MR) is 44.1 cm³/mol. The number of hydrogen-bond acceptors (Lipinski definition) is 4. The van der Waals surface area contributed by atoms with Crippen LogP contribution >= 0.6 is 0 Å². The van der Waals surface area contributed by atoms with Crippen LogP contribution in [0.15, 0.2) is 18.5 Å². The summed E-state index contributed by atoms with van der Waals surface area (Å²) in [5.41, 5.74) is 5.21. The summed E-state index contributed by atoms with van der Waals surface area (Å²) < 4.78 is 4.45. The molecule has 5 heteroatoms. The predicted octanol–water partition coefficient (Wildman–Crippen LogP) is -0.0329. The zero-order valence-corrected chi connectivity index (χ0v) is 6.98. The fourth-order valence-electron chi connectivity index (χ4n) is 0.879. The van der Waals surface area contributed by atoms with E-state index in [1.807, 2.05) is 0 Å². The molecule has 13 heavy (non-hydrogen) atoms. The van der Waals surface area contributed by atoms with Gasteiger partial charge in [-0.2, -0.15) is 0 Å². The summed E-state index contributed by atoms with van der Waals surface area (Å²) >= 11 is 0. The number of carbonyl (C=O) groups excluding carboxylic acids is 2. The summed E-state index contributed by atoms with van der Waals surface area (Å²) in [5, 5.41) is 0. The van der Waals surface area contributed by atoms with Crippen LogP contribution in [0.4, 0.5) is 0 Å². The second-order valence-electron chi connectivity index (χ2n) is 2.28. The van der Waals surface area contributed by atoms with Gasteiger partial charge in [0.05, 0.1) is 18.2 Å². The molecule has 1 aromatic rings. The lowest BCUT2D eigenvalue weighted by Gasteiger charge is -2.02. The normalized spacial score (nSPS) is 9.31. The van der Waals surface area contributed by atoms with Gasteiger partial charge in [-0.1, -0.05) is 0 Å². The Hall–Kier alpha value is -1.91. The molecule has 0 aliphatic rings. The van der Waals surface area contributed by atoms with Crippen LogP contribution in [0, 0.1) is 0 Å². The van der Waals surface area contributed by atoms with E-state index in [9.17, 15) is 9.59 Å². The minimum atomic E-state index is -0.700. The van der Waals surface area contributed by atoms with Crippen LogP contribution < -0.4 is 5.73 Å². The molecule has 68 valence electrons. The number of esters is 1. The van der Waals surface area contributed by atoms with Crippen molar-refractivity contribution in [1.82, 2.24) is 4.98 Å². The van der Waals surface area contributed by atoms with Gasteiger partial charge in [0, 0.05) is 12.4 Å². The molecule has 1 aromatic heterocycles. The Bertz CT molecular complexity index is 349. The first-order valence-electron chi connectivity index (χ1n) is 3.49. The summed E-state index contributed by atoms with van der Waals surface area (Å²) in [6, 6.07) is 1.38. The topological polar surface area (TPSA) is 82.3 Å². The standard InChI is InChI=1S/C8H8N2O3/c1-13-8(12)5-2-3-10-4-6(5)7(9)11/h2-4H,1H3,(H2,9,11). The van der Waals surface area contributed by atoms with Gasteiger partial charge < -0.3 is 10.5 Å². The van der Waals surface area contributed by atoms with Crippen LogP contribution in [0.3, 0.4) is 0 Å². The van der Waals surface area contributed by atoms with E-state index in [1.54, 1.807) is 0 Å². The van der Waals surface area contributed by atoms with Crippen molar-refractivity contribution >= 4 is 11.9 Å². The Labute approximate surface area is 74.5 Å². The first-order valence-corrected chi connectivity index (χ1v) is 3.49. The first-order chi connectivity index (χ1) is 6.16. The highest BCUT2D eigenvalue weighted by atomic mass is 16.5. The van der Waals surface area contributed by atoms with E-state index in [2.05, 4.69) is 9.72 Å². The second kappa shape index (κ2) is 3.66. The molecule has 0 spiro atoms. The molecular formula is C8H8N2O3. The van der Waals surface area contributed by atoms with Gasteiger partial charge in [-0.15, -0.1) is 0 Å². The monoisotopic (exact) mass is 180 g/mol. The van der Waals surface area contributed by atoms with Gasteiger partial charge in [-0.25, -0.2) is 4.79 Å². The van der Waals surface area contributed by atoms with Gasteiger partial charge in [0.1, 0.15) is 0 Å². The van der Waals surface area contributed by atoms with Crippen LogP contribution in [-0.2, 0) is 4.74 Å². The third-order valence-electron chi connectivity index (χ3n) is 1.49. The first kappa shape index (κ1) is 9.18. The van der Waals surface area contributed by atoms with Gasteiger partial charge in [-0.3, -0.25) is 9.78 Å². The smallest absolute Gasteiger partial charge is 0.338 e. The Morgan fingerprint density at radius 2 is 2.15 bits per heavy atom. The third-order valence-corrected chi connectivity index (χ3v) is 1.49. The molecule has 1 heterocycles. The van der Waals surface area contributed by atoms with E-state index in [4.69, 9.17) is 5.73 Å². The molecule has 1 rings (SSSR count). The molecule has 0 fully saturated rings. The van der Waals surface area contributed by atoms with Crippen LogP contribution in [0.2, 0.25) is 0 Å². The molecule has 5 nitrogen and oxygen atoms in total. The van der Waals surface area contributed by atoms with Crippen molar-refractivity contribution in [2.24, 2.45) is 5.73 Å². The number of amides is 1. The number of nitrogens with zero attached hydrogens (tertiary/aromatic N) is 1. The van der Waals surface area contributed by atoms with Crippen molar-refractivity contribution in [3.63, 3.8) is 0 Å². The van der Waals surface area contributed by atoms with E-state index in [0.717, 1.165) is 0 Å². The van der Waals surface area contributed by atoms with Gasteiger partial charge in [-0.05, 0) is 6.07 Å². The number of carbonyl (C=O) groups is 2. The molecule has 0 aromatic carbocycles. The molecule has 0 radical (unpaired) electrons. The van der Waals surface area contributed by atoms with E-state index >= 15 is 0 Å². The minimum absolute atomic E-state index is 0.0642. The van der Waals surface area contributed by atoms with Crippen LogP contribution in [0.25, 0.3) is 0 Å². The van der Waals surface area contributed by atoms with Crippen LogP contribution in [0.5, 0.6) is 0 Å². The summed E-state index contributed by atoms with van der Waals surface area (Å²) in [7, 11) is 1.23. The highest BCUT2D eigenvalue weighted by Crippen LogP contribution is 2.06. The van der Waals surface area contributed by atoms with Gasteiger partial charge in [0.2, 0.25) is 0 Å². The zero-order valence-electron chi connectivity index (χ0n) is 6.98. The average molecular weight is 180 g/mol. The largest absolute Gasteiger partial charge is 0.465 e. The summed E-state index contributed by atoms with van der Waals surface area (Å²) in [6.45, 7) is 0. The molecule has 1 amide bonds. The minimum Gasteiger partial charge on any atom is -0.465 e. The Morgan fingerprint density at radius 1 is 1.46 bits per heavy atom. The molecule has 2 N–H and O–H groups in total. The van der Waals surface area contributed by atoms with E-state index < -0.39 is 11.9 Å². The van der Waals surface area contributed by atoms with Crippen LogP contribution in [0.1, 0.15) is 20.7 Å². The van der Waals surface area contributed by atoms with Crippen LogP contribution in [-0.4, -0.2) is 24.0 Å². The van der Waals surface area contributed by atoms with E-state index in [0.29, 0.717) is 0 Å². The molecule has 0 saturated carbocycles. The van der Waals surface area contributed by atoms with Crippen molar-refractivity contribution < 1.29 is 14.3 Å². The quantitative estimate of drug-likeness (QED) is 0.647. The van der Waals surface area contributed by atoms with E-state index in [-0.39, 0.29) is 11.1 Å². The SMILES string of the molecule is COC(=O)c1ccncc1C(N)=O. The number of primary amides is 1. The van der Waals surface area contributed by atoms with Crippen molar-refractivity contribution in [1.29, 1.82) is 0 Å². The number of ether oxygens (including phenoxy) is 1. The Kier molecular flexibility index (Phi) is 2.59. The summed E-state index contributed by atoms with van der Waals surface area (Å²) in [6.07, 6.45) is 2.62. The number of aromatic nitrogens is 1. The average Bonchev–Trinajstić information content (AvgIpc) is 2.16. The summed E-state index contributed by atoms with van der Waals surface area (Å²) in [4.78, 5) is 25.6. The second-order valence-corrected chi connectivity index (χ2v) is 2.28. The molecule has 0 aliphatic heterocycles. The molecule has 0 atom stereocenters. The molecule has 0 aliphatic carbocycles. The summed E-state index contributed by atoms with van der Waals surface area (Å²) in [5.74, 6) is -1.30. The number of pyridine rings is 1. The number of rotatable bonds is 2. The molecular weight excluding hydrogens is 172 g/mol. The highest BCUT2D eigenvalue weighted by Gasteiger charge is 2.14. The maximum atomic E-state index is 11.1. The van der Waals surface area contributed by atoms with Gasteiger partial charge in [0.15, 0.2) is 0 Å². The molecule has 0 bridgehead atoms. The lowest BCUT2D eigenvalue weighted by Crippen LogP contribution is -2.17. The van der Waals surface area contributed by atoms with Gasteiger partial charge >= 0.3 is 5.97 Å². The maximum Gasteiger partial charge on any atom is 0.338 e. The Morgan fingerprint density at radius 3 is 2.69 bits per heavy atom. The zero-order chi connectivity index (χ0) is 9.84. The fourth-order valence-corrected chi connectivity index (χ4v) is 0.879. The third kappa shape index (κ3) is 1.81.